The lowest BCUT2D eigenvalue weighted by Gasteiger charge is -2.36. The summed E-state index contributed by atoms with van der Waals surface area (Å²) in [5.74, 6) is 0.964. The summed E-state index contributed by atoms with van der Waals surface area (Å²) in [5.41, 5.74) is 2.37. The van der Waals surface area contributed by atoms with Crippen LogP contribution in [-0.4, -0.2) is 8.32 Å². The molecule has 0 saturated heterocycles. The van der Waals surface area contributed by atoms with Crippen LogP contribution in [0.2, 0.25) is 17.6 Å². The molecule has 0 N–H and O–H groups in total. The normalized spacial score (nSPS) is 17.3. The van der Waals surface area contributed by atoms with Gasteiger partial charge in [0.15, 0.2) is 0 Å². The van der Waals surface area contributed by atoms with Gasteiger partial charge in [-0.15, -0.1) is 0 Å². The van der Waals surface area contributed by atoms with Gasteiger partial charge in [0.05, 0.1) is 0 Å². The molecule has 0 heterocycles. The van der Waals surface area contributed by atoms with Crippen LogP contribution < -0.4 is 4.43 Å². The summed E-state index contributed by atoms with van der Waals surface area (Å²) in [6.07, 6.45) is 17.2. The van der Waals surface area contributed by atoms with Gasteiger partial charge in [-0.1, -0.05) is 110 Å². The first-order chi connectivity index (χ1) is 14.5. The van der Waals surface area contributed by atoms with Gasteiger partial charge in [-0.05, 0) is 47.0 Å². The predicted molar refractivity (Wildman–Crippen MR) is 133 cm³/mol. The van der Waals surface area contributed by atoms with Gasteiger partial charge in [0, 0.05) is 0 Å². The molecule has 2 rings (SSSR count). The molecule has 1 nitrogen and oxygen atoms in total. The summed E-state index contributed by atoms with van der Waals surface area (Å²) in [7, 11) is -1.91. The number of benzene rings is 1. The number of rotatable bonds is 16. The van der Waals surface area contributed by atoms with Crippen molar-refractivity contribution < 1.29 is 8.82 Å². The molecule has 0 spiro atoms. The Kier molecular flexibility index (Phi) is 11.2. The molecule has 1 aliphatic rings. The molecule has 1 aliphatic carbocycles. The smallest absolute Gasteiger partial charge is 0.253 e. The lowest BCUT2D eigenvalue weighted by Crippen LogP contribution is -2.44. The van der Waals surface area contributed by atoms with Crippen molar-refractivity contribution in [2.75, 3.05) is 0 Å². The molecule has 0 bridgehead atoms. The zero-order chi connectivity index (χ0) is 21.8. The van der Waals surface area contributed by atoms with Crippen molar-refractivity contribution >= 4 is 14.4 Å². The van der Waals surface area contributed by atoms with Gasteiger partial charge < -0.3 is 4.43 Å². The van der Waals surface area contributed by atoms with Crippen molar-refractivity contribution in [2.45, 2.75) is 122 Å². The third-order valence-electron chi connectivity index (χ3n) is 6.83. The van der Waals surface area contributed by atoms with E-state index in [0.29, 0.717) is 5.54 Å². The number of alkyl halides is 1. The molecule has 1 aromatic carbocycles. The van der Waals surface area contributed by atoms with Gasteiger partial charge in [0.1, 0.15) is 11.9 Å². The van der Waals surface area contributed by atoms with Crippen LogP contribution in [0.5, 0.6) is 5.75 Å². The number of hydrogen-bond donors (Lipinski definition) is 0. The van der Waals surface area contributed by atoms with Crippen LogP contribution in [0.3, 0.4) is 0 Å². The molecular weight excluding hydrogens is 387 g/mol. The highest BCUT2D eigenvalue weighted by Crippen LogP contribution is 2.38. The van der Waals surface area contributed by atoms with E-state index in [1.807, 2.05) is 18.2 Å². The first kappa shape index (κ1) is 25.2. The van der Waals surface area contributed by atoms with E-state index in [1.54, 1.807) is 6.08 Å². The van der Waals surface area contributed by atoms with Crippen molar-refractivity contribution in [2.24, 2.45) is 0 Å². The lowest BCUT2D eigenvalue weighted by molar-refractivity contribution is 0.419. The van der Waals surface area contributed by atoms with E-state index in [1.165, 1.54) is 82.7 Å². The molecular formula is C27H45FOSi. The SMILES string of the molecule is CCCCCCCCC[Si](CCCCCC)(Oc1ccc2c(c1)C=CC2F)C(C)C. The molecule has 0 aromatic heterocycles. The molecule has 0 fully saturated rings. The predicted octanol–water partition coefficient (Wildman–Crippen LogP) is 9.79. The average molecular weight is 433 g/mol. The Labute approximate surface area is 186 Å². The van der Waals surface area contributed by atoms with E-state index in [4.69, 9.17) is 4.43 Å². The van der Waals surface area contributed by atoms with E-state index in [2.05, 4.69) is 33.8 Å². The molecule has 0 aliphatic heterocycles. The van der Waals surface area contributed by atoms with Crippen molar-refractivity contribution in [3.05, 3.63) is 35.4 Å². The van der Waals surface area contributed by atoms with Gasteiger partial charge in [0.25, 0.3) is 8.32 Å². The molecule has 0 saturated carbocycles. The molecule has 0 amide bonds. The van der Waals surface area contributed by atoms with E-state index in [-0.39, 0.29) is 0 Å². The van der Waals surface area contributed by atoms with Gasteiger partial charge in [-0.25, -0.2) is 4.39 Å². The van der Waals surface area contributed by atoms with Gasteiger partial charge >= 0.3 is 0 Å². The summed E-state index contributed by atoms with van der Waals surface area (Å²) in [5, 5.41) is 0. The first-order valence-corrected chi connectivity index (χ1v) is 15.1. The standard InChI is InChI=1S/C27H45FOSi/c1-5-7-9-11-12-13-15-21-30(23(3)4,20-14-10-8-6-2)29-25-17-18-26-24(22-25)16-19-27(26)28/h16-19,22-23,27H,5-15,20-21H2,1-4H3. The molecule has 2 atom stereocenters. The number of unbranched alkanes of at least 4 members (excludes halogenated alkanes) is 9. The minimum absolute atomic E-state index is 0.594. The second-order valence-electron chi connectivity index (χ2n) is 9.56. The number of halogens is 1. The highest BCUT2D eigenvalue weighted by Gasteiger charge is 2.39. The van der Waals surface area contributed by atoms with Crippen LogP contribution in [-0.2, 0) is 0 Å². The molecule has 170 valence electrons. The zero-order valence-corrected chi connectivity index (χ0v) is 21.0. The Morgan fingerprint density at radius 2 is 1.43 bits per heavy atom. The van der Waals surface area contributed by atoms with Crippen LogP contribution in [0, 0.1) is 0 Å². The molecule has 3 heteroatoms. The highest BCUT2D eigenvalue weighted by atomic mass is 28.4. The first-order valence-electron chi connectivity index (χ1n) is 12.7. The van der Waals surface area contributed by atoms with Crippen molar-refractivity contribution in [3.63, 3.8) is 0 Å². The molecule has 2 unspecified atom stereocenters. The van der Waals surface area contributed by atoms with Crippen LogP contribution in [0.25, 0.3) is 6.08 Å². The summed E-state index contributed by atoms with van der Waals surface area (Å²) in [6.45, 7) is 9.30. The Morgan fingerprint density at radius 3 is 2.03 bits per heavy atom. The van der Waals surface area contributed by atoms with Crippen molar-refractivity contribution in [3.8, 4) is 5.75 Å². The maximum atomic E-state index is 14.0. The maximum Gasteiger partial charge on any atom is 0.253 e. The topological polar surface area (TPSA) is 9.23 Å². The monoisotopic (exact) mass is 432 g/mol. The Bertz CT molecular complexity index is 642. The Morgan fingerprint density at radius 1 is 0.867 bits per heavy atom. The van der Waals surface area contributed by atoms with E-state index < -0.39 is 14.5 Å². The quantitative estimate of drug-likeness (QED) is 0.186. The van der Waals surface area contributed by atoms with Gasteiger partial charge in [0.2, 0.25) is 0 Å². The van der Waals surface area contributed by atoms with E-state index in [0.717, 1.165) is 16.9 Å². The van der Waals surface area contributed by atoms with E-state index in [9.17, 15) is 4.39 Å². The summed E-state index contributed by atoms with van der Waals surface area (Å²) in [6, 6.07) is 8.52. The largest absolute Gasteiger partial charge is 0.543 e. The highest BCUT2D eigenvalue weighted by molar-refractivity contribution is 6.75. The third-order valence-corrected chi connectivity index (χ3v) is 12.0. The average Bonchev–Trinajstić information content (AvgIpc) is 3.10. The number of hydrogen-bond acceptors (Lipinski definition) is 1. The van der Waals surface area contributed by atoms with Crippen LogP contribution >= 0.6 is 0 Å². The second kappa shape index (κ2) is 13.3. The minimum atomic E-state index is -1.91. The number of allylic oxidation sites excluding steroid dienone is 1. The van der Waals surface area contributed by atoms with Gasteiger partial charge in [-0.3, -0.25) is 0 Å². The summed E-state index contributed by atoms with van der Waals surface area (Å²) >= 11 is 0. The summed E-state index contributed by atoms with van der Waals surface area (Å²) in [4.78, 5) is 0. The fraction of sp³-hybridized carbons (Fsp3) is 0.704. The number of fused-ring (bicyclic) bond motifs is 1. The van der Waals surface area contributed by atoms with Gasteiger partial charge in [-0.2, -0.15) is 0 Å². The lowest BCUT2D eigenvalue weighted by atomic mass is 10.1. The van der Waals surface area contributed by atoms with Crippen LogP contribution in [0.1, 0.15) is 116 Å². The van der Waals surface area contributed by atoms with Crippen LogP contribution in [0.4, 0.5) is 4.39 Å². The molecule has 1 aromatic rings. The fourth-order valence-electron chi connectivity index (χ4n) is 4.69. The zero-order valence-electron chi connectivity index (χ0n) is 20.0. The Balaban J connectivity index is 2.03. The van der Waals surface area contributed by atoms with E-state index >= 15 is 0 Å². The molecule has 0 radical (unpaired) electrons. The molecule has 30 heavy (non-hydrogen) atoms. The minimum Gasteiger partial charge on any atom is -0.543 e. The maximum absolute atomic E-state index is 14.0. The summed E-state index contributed by atoms with van der Waals surface area (Å²) < 4.78 is 20.9. The van der Waals surface area contributed by atoms with Crippen molar-refractivity contribution in [1.29, 1.82) is 0 Å². The van der Waals surface area contributed by atoms with Crippen molar-refractivity contribution in [1.82, 2.24) is 0 Å². The second-order valence-corrected chi connectivity index (χ2v) is 14.0. The third kappa shape index (κ3) is 7.55. The van der Waals surface area contributed by atoms with Crippen LogP contribution in [0.15, 0.2) is 24.3 Å². The Hall–Kier alpha value is -1.09. The fourth-order valence-corrected chi connectivity index (χ4v) is 8.83.